The van der Waals surface area contributed by atoms with Crippen molar-refractivity contribution in [3.8, 4) is 23.3 Å². The van der Waals surface area contributed by atoms with Gasteiger partial charge in [-0.05, 0) is 50.6 Å². The molecule has 8 heteroatoms. The molecule has 2 aromatic heterocycles. The van der Waals surface area contributed by atoms with E-state index >= 15 is 0 Å². The van der Waals surface area contributed by atoms with Crippen molar-refractivity contribution in [1.82, 2.24) is 9.55 Å². The van der Waals surface area contributed by atoms with Crippen LogP contribution in [-0.2, 0) is 6.54 Å². The highest BCUT2D eigenvalue weighted by Gasteiger charge is 2.35. The summed E-state index contributed by atoms with van der Waals surface area (Å²) in [5, 5.41) is 9.94. The summed E-state index contributed by atoms with van der Waals surface area (Å²) in [6.45, 7) is 6.80. The van der Waals surface area contributed by atoms with E-state index in [-0.39, 0.29) is 17.0 Å². The quantitative estimate of drug-likeness (QED) is 0.575. The average molecular weight is 459 g/mol. The van der Waals surface area contributed by atoms with Crippen molar-refractivity contribution in [2.75, 3.05) is 13.2 Å². The van der Waals surface area contributed by atoms with Gasteiger partial charge in [-0.15, -0.1) is 0 Å². The summed E-state index contributed by atoms with van der Waals surface area (Å²) in [6.07, 6.45) is 1.69. The number of aryl methyl sites for hydroxylation is 1. The third kappa shape index (κ3) is 4.20. The molecule has 0 aliphatic carbocycles. The van der Waals surface area contributed by atoms with Gasteiger partial charge in [-0.1, -0.05) is 12.1 Å². The second kappa shape index (κ2) is 9.71. The zero-order chi connectivity index (χ0) is 24.2. The number of pyridine rings is 2. The minimum Gasteiger partial charge on any atom is -0.490 e. The van der Waals surface area contributed by atoms with Crippen LogP contribution in [0.2, 0.25) is 0 Å². The van der Waals surface area contributed by atoms with Crippen molar-refractivity contribution in [2.24, 2.45) is 5.73 Å². The van der Waals surface area contributed by atoms with Crippen molar-refractivity contribution < 1.29 is 14.2 Å². The van der Waals surface area contributed by atoms with E-state index in [4.69, 9.17) is 19.9 Å². The molecule has 0 radical (unpaired) electrons. The fraction of sp³-hybridized carbons (Fsp3) is 0.269. The molecule has 0 saturated carbocycles. The van der Waals surface area contributed by atoms with Gasteiger partial charge in [-0.25, -0.2) is 0 Å². The lowest BCUT2D eigenvalue weighted by Crippen LogP contribution is -2.33. The predicted molar refractivity (Wildman–Crippen MR) is 127 cm³/mol. The number of nitrogens with two attached hydrogens (primary N) is 1. The summed E-state index contributed by atoms with van der Waals surface area (Å²) in [4.78, 5) is 18.1. The number of benzene rings is 1. The molecule has 0 saturated heterocycles. The molecular formula is C26H26N4O4. The number of nitriles is 1. The van der Waals surface area contributed by atoms with Gasteiger partial charge in [0.2, 0.25) is 5.88 Å². The first-order chi connectivity index (χ1) is 16.5. The van der Waals surface area contributed by atoms with E-state index in [0.29, 0.717) is 53.8 Å². The van der Waals surface area contributed by atoms with Gasteiger partial charge in [0.15, 0.2) is 11.5 Å². The molecule has 2 N–H and O–H groups in total. The molecule has 1 unspecified atom stereocenters. The highest BCUT2D eigenvalue weighted by Crippen LogP contribution is 2.42. The molecule has 8 nitrogen and oxygen atoms in total. The van der Waals surface area contributed by atoms with E-state index < -0.39 is 5.92 Å². The summed E-state index contributed by atoms with van der Waals surface area (Å²) in [5.74, 6) is 0.729. The minimum atomic E-state index is -0.716. The highest BCUT2D eigenvalue weighted by molar-refractivity contribution is 5.57. The Morgan fingerprint density at radius 3 is 2.59 bits per heavy atom. The number of allylic oxidation sites excluding steroid dienone is 1. The Morgan fingerprint density at radius 1 is 1.15 bits per heavy atom. The van der Waals surface area contributed by atoms with Crippen molar-refractivity contribution in [1.29, 1.82) is 5.26 Å². The van der Waals surface area contributed by atoms with Crippen LogP contribution in [0.15, 0.2) is 64.9 Å². The Kier molecular flexibility index (Phi) is 6.55. The number of rotatable bonds is 7. The van der Waals surface area contributed by atoms with Gasteiger partial charge in [0.25, 0.3) is 5.56 Å². The predicted octanol–water partition coefficient (Wildman–Crippen LogP) is 3.62. The van der Waals surface area contributed by atoms with Gasteiger partial charge >= 0.3 is 0 Å². The van der Waals surface area contributed by atoms with Gasteiger partial charge < -0.3 is 24.5 Å². The second-order valence-corrected chi connectivity index (χ2v) is 7.77. The van der Waals surface area contributed by atoms with Gasteiger partial charge in [-0.3, -0.25) is 9.78 Å². The molecule has 4 rings (SSSR count). The van der Waals surface area contributed by atoms with Crippen molar-refractivity contribution >= 4 is 0 Å². The van der Waals surface area contributed by atoms with Crippen molar-refractivity contribution in [3.63, 3.8) is 0 Å². The fourth-order valence-electron chi connectivity index (χ4n) is 4.12. The first-order valence-corrected chi connectivity index (χ1v) is 11.1. The van der Waals surface area contributed by atoms with Crippen LogP contribution in [-0.4, -0.2) is 22.8 Å². The SMILES string of the molecule is CCOc1ccc(C2C(C#N)=C(N)Oc3cc(C)n(Cc4ccccn4)c(=O)c32)cc1OCC. The van der Waals surface area contributed by atoms with Gasteiger partial charge in [-0.2, -0.15) is 5.26 Å². The van der Waals surface area contributed by atoms with E-state index in [1.165, 1.54) is 0 Å². The molecule has 0 bridgehead atoms. The van der Waals surface area contributed by atoms with Crippen LogP contribution in [0.5, 0.6) is 17.2 Å². The Labute approximate surface area is 197 Å². The summed E-state index contributed by atoms with van der Waals surface area (Å²) in [6, 6.07) is 14.9. The van der Waals surface area contributed by atoms with Gasteiger partial charge in [0, 0.05) is 18.0 Å². The number of aromatic nitrogens is 2. The van der Waals surface area contributed by atoms with Crippen LogP contribution in [0.25, 0.3) is 0 Å². The molecule has 0 spiro atoms. The molecule has 174 valence electrons. The zero-order valence-electron chi connectivity index (χ0n) is 19.4. The fourth-order valence-corrected chi connectivity index (χ4v) is 4.12. The summed E-state index contributed by atoms with van der Waals surface area (Å²) >= 11 is 0. The van der Waals surface area contributed by atoms with Crippen LogP contribution in [0, 0.1) is 18.3 Å². The van der Waals surface area contributed by atoms with E-state index in [1.807, 2.05) is 45.0 Å². The smallest absolute Gasteiger partial charge is 0.259 e. The molecule has 1 aliphatic rings. The lowest BCUT2D eigenvalue weighted by molar-refractivity contribution is 0.287. The third-order valence-electron chi connectivity index (χ3n) is 5.64. The molecule has 1 atom stereocenters. The third-order valence-corrected chi connectivity index (χ3v) is 5.64. The van der Waals surface area contributed by atoms with E-state index in [0.717, 1.165) is 5.69 Å². The molecular weight excluding hydrogens is 432 g/mol. The number of fused-ring (bicyclic) bond motifs is 1. The van der Waals surface area contributed by atoms with Crippen LogP contribution in [0.1, 0.15) is 42.3 Å². The number of ether oxygens (including phenoxy) is 3. The maximum absolute atomic E-state index is 13.8. The maximum Gasteiger partial charge on any atom is 0.259 e. The first-order valence-electron chi connectivity index (χ1n) is 11.1. The lowest BCUT2D eigenvalue weighted by Gasteiger charge is -2.27. The molecule has 0 fully saturated rings. The van der Waals surface area contributed by atoms with Crippen LogP contribution >= 0.6 is 0 Å². The van der Waals surface area contributed by atoms with E-state index in [2.05, 4.69) is 11.1 Å². The minimum absolute atomic E-state index is 0.0203. The van der Waals surface area contributed by atoms with Gasteiger partial charge in [0.1, 0.15) is 17.4 Å². The topological polar surface area (TPSA) is 112 Å². The Morgan fingerprint density at radius 2 is 1.91 bits per heavy atom. The molecule has 1 aliphatic heterocycles. The van der Waals surface area contributed by atoms with Gasteiger partial charge in [0.05, 0.1) is 36.9 Å². The van der Waals surface area contributed by atoms with E-state index in [9.17, 15) is 10.1 Å². The Balaban J connectivity index is 1.91. The summed E-state index contributed by atoms with van der Waals surface area (Å²) in [5.41, 5.74) is 8.50. The monoisotopic (exact) mass is 458 g/mol. The first kappa shape index (κ1) is 22.9. The number of hydrogen-bond acceptors (Lipinski definition) is 7. The summed E-state index contributed by atoms with van der Waals surface area (Å²) in [7, 11) is 0. The van der Waals surface area contributed by atoms with E-state index in [1.54, 1.807) is 29.0 Å². The molecule has 0 amide bonds. The number of hydrogen-bond donors (Lipinski definition) is 1. The zero-order valence-corrected chi connectivity index (χ0v) is 19.4. The standard InChI is InChI=1S/C26H26N4O4/c1-4-32-20-10-9-17(13-21(20)33-5-2)23-19(14-27)25(28)34-22-12-16(3)30(26(31)24(22)23)15-18-8-6-7-11-29-18/h6-13,23H,4-5,15,28H2,1-3H3. The Bertz CT molecular complexity index is 1340. The normalized spacial score (nSPS) is 14.7. The van der Waals surface area contributed by atoms with Crippen molar-refractivity contribution in [3.05, 3.63) is 93.0 Å². The largest absolute Gasteiger partial charge is 0.490 e. The molecule has 1 aromatic carbocycles. The Hall–Kier alpha value is -4.25. The molecule has 34 heavy (non-hydrogen) atoms. The van der Waals surface area contributed by atoms with Crippen LogP contribution < -0.4 is 25.5 Å². The average Bonchev–Trinajstić information content (AvgIpc) is 2.83. The summed E-state index contributed by atoms with van der Waals surface area (Å²) < 4.78 is 18.8. The maximum atomic E-state index is 13.8. The molecule has 3 aromatic rings. The second-order valence-electron chi connectivity index (χ2n) is 7.77. The van der Waals surface area contributed by atoms with Crippen molar-refractivity contribution in [2.45, 2.75) is 33.2 Å². The highest BCUT2D eigenvalue weighted by atomic mass is 16.5. The lowest BCUT2D eigenvalue weighted by atomic mass is 9.84. The molecule has 3 heterocycles. The van der Waals surface area contributed by atoms with Crippen LogP contribution in [0.3, 0.4) is 0 Å². The van der Waals surface area contributed by atoms with Crippen LogP contribution in [0.4, 0.5) is 0 Å². The number of nitrogens with zero attached hydrogens (tertiary/aromatic N) is 3.